The van der Waals surface area contributed by atoms with Crippen molar-refractivity contribution in [2.75, 3.05) is 6.61 Å². The van der Waals surface area contributed by atoms with Gasteiger partial charge in [0.25, 0.3) is 0 Å². The number of para-hydroxylation sites is 1. The van der Waals surface area contributed by atoms with Crippen LogP contribution in [0, 0.1) is 6.92 Å². The van der Waals surface area contributed by atoms with Crippen molar-refractivity contribution < 1.29 is 13.7 Å². The molecule has 0 amide bonds. The Morgan fingerprint density at radius 3 is 2.65 bits per heavy atom. The van der Waals surface area contributed by atoms with E-state index < -0.39 is 5.63 Å². The average Bonchev–Trinajstić information content (AvgIpc) is 2.58. The molecule has 4 heteroatoms. The van der Waals surface area contributed by atoms with E-state index in [-0.39, 0.29) is 0 Å². The smallest absolute Gasteiger partial charge is 0.379 e. The number of aryl methyl sites for hydroxylation is 2. The Kier molecular flexibility index (Phi) is 4.71. The fraction of sp³-hybridized carbons (Fsp3) is 0.263. The van der Waals surface area contributed by atoms with E-state index in [2.05, 4.69) is 4.57 Å². The predicted molar refractivity (Wildman–Crippen MR) is 88.6 cm³/mol. The van der Waals surface area contributed by atoms with Crippen molar-refractivity contribution in [3.05, 3.63) is 70.8 Å². The van der Waals surface area contributed by atoms with E-state index in [0.717, 1.165) is 30.3 Å². The first-order valence-corrected chi connectivity index (χ1v) is 7.85. The summed E-state index contributed by atoms with van der Waals surface area (Å²) in [5.74, 6) is 0.330. The molecule has 0 atom stereocenters. The highest BCUT2D eigenvalue weighted by Gasteiger charge is 2.12. The van der Waals surface area contributed by atoms with Crippen LogP contribution in [-0.4, -0.2) is 6.61 Å². The lowest BCUT2D eigenvalue weighted by atomic mass is 10.1. The summed E-state index contributed by atoms with van der Waals surface area (Å²) in [6.45, 7) is 3.35. The van der Waals surface area contributed by atoms with Gasteiger partial charge in [0.1, 0.15) is 12.1 Å². The second-order valence-electron chi connectivity index (χ2n) is 5.51. The maximum Gasteiger partial charge on any atom is 0.379 e. The van der Waals surface area contributed by atoms with E-state index in [1.807, 2.05) is 55.7 Å². The summed E-state index contributed by atoms with van der Waals surface area (Å²) in [6.07, 6.45) is 5.96. The predicted octanol–water partition coefficient (Wildman–Crippen LogP) is 3.25. The van der Waals surface area contributed by atoms with Crippen molar-refractivity contribution in [1.82, 2.24) is 0 Å². The molecule has 0 fully saturated rings. The molecule has 0 saturated heterocycles. The first kappa shape index (κ1) is 15.3. The lowest BCUT2D eigenvalue weighted by Crippen LogP contribution is -2.32. The number of hydrogen-bond donors (Lipinski definition) is 0. The summed E-state index contributed by atoms with van der Waals surface area (Å²) in [5.41, 5.74) is 1.04. The Hall–Kier alpha value is -2.62. The van der Waals surface area contributed by atoms with Crippen molar-refractivity contribution >= 4 is 11.0 Å². The third kappa shape index (κ3) is 3.59. The summed E-state index contributed by atoms with van der Waals surface area (Å²) in [6, 6.07) is 13.5. The zero-order valence-electron chi connectivity index (χ0n) is 13.2. The maximum atomic E-state index is 12.0. The van der Waals surface area contributed by atoms with E-state index in [0.29, 0.717) is 17.9 Å². The molecule has 0 aliphatic carbocycles. The first-order valence-electron chi connectivity index (χ1n) is 7.85. The third-order valence-corrected chi connectivity index (χ3v) is 3.85. The Bertz CT molecular complexity index is 840. The van der Waals surface area contributed by atoms with Crippen molar-refractivity contribution in [2.24, 2.45) is 0 Å². The van der Waals surface area contributed by atoms with Crippen LogP contribution in [0.5, 0.6) is 5.75 Å². The summed E-state index contributed by atoms with van der Waals surface area (Å²) in [5, 5.41) is 0.918. The van der Waals surface area contributed by atoms with E-state index >= 15 is 0 Å². The average molecular weight is 310 g/mol. The van der Waals surface area contributed by atoms with Crippen molar-refractivity contribution in [3.63, 3.8) is 0 Å². The Morgan fingerprint density at radius 1 is 1.04 bits per heavy atom. The molecule has 0 saturated carbocycles. The molecule has 2 aromatic heterocycles. The minimum atomic E-state index is -0.404. The van der Waals surface area contributed by atoms with E-state index in [9.17, 15) is 4.79 Å². The minimum Gasteiger partial charge on any atom is -0.486 e. The second kappa shape index (κ2) is 7.09. The molecule has 1 aromatic carbocycles. The molecule has 118 valence electrons. The third-order valence-electron chi connectivity index (χ3n) is 3.85. The summed E-state index contributed by atoms with van der Waals surface area (Å²) >= 11 is 0. The topological polar surface area (TPSA) is 43.3 Å². The number of pyridine rings is 1. The molecule has 2 heterocycles. The van der Waals surface area contributed by atoms with Gasteiger partial charge < -0.3 is 9.15 Å². The molecule has 3 aromatic rings. The van der Waals surface area contributed by atoms with Gasteiger partial charge in [0.05, 0.1) is 6.61 Å². The van der Waals surface area contributed by atoms with Gasteiger partial charge >= 0.3 is 5.63 Å². The monoisotopic (exact) mass is 310 g/mol. The van der Waals surface area contributed by atoms with Gasteiger partial charge in [0, 0.05) is 29.5 Å². The van der Waals surface area contributed by atoms with Crippen LogP contribution in [0.3, 0.4) is 0 Å². The molecular weight excluding hydrogens is 290 g/mol. The maximum absolute atomic E-state index is 12.0. The Morgan fingerprint density at radius 2 is 1.83 bits per heavy atom. The first-order chi connectivity index (χ1) is 11.3. The molecule has 0 spiro atoms. The highest BCUT2D eigenvalue weighted by atomic mass is 16.5. The van der Waals surface area contributed by atoms with Gasteiger partial charge in [0.2, 0.25) is 5.75 Å². The van der Waals surface area contributed by atoms with Gasteiger partial charge in [-0.2, -0.15) is 0 Å². The van der Waals surface area contributed by atoms with E-state index in [4.69, 9.17) is 9.15 Å². The number of benzene rings is 1. The van der Waals surface area contributed by atoms with E-state index in [1.165, 1.54) is 0 Å². The largest absolute Gasteiger partial charge is 0.486 e. The molecule has 0 N–H and O–H groups in total. The molecule has 0 radical (unpaired) electrons. The van der Waals surface area contributed by atoms with Crippen LogP contribution in [0.1, 0.15) is 18.4 Å². The molecule has 0 aliphatic heterocycles. The van der Waals surface area contributed by atoms with Crippen molar-refractivity contribution in [1.29, 1.82) is 0 Å². The van der Waals surface area contributed by atoms with Gasteiger partial charge in [-0.3, -0.25) is 0 Å². The van der Waals surface area contributed by atoms with Crippen LogP contribution >= 0.6 is 0 Å². The number of unbranched alkanes of at least 4 members (excludes halogenated alkanes) is 1. The standard InChI is InChI=1S/C19H20NO3/c1-15-16-9-3-4-10-17(16)23-19(21)18(15)22-14-8-7-13-20-11-5-2-6-12-20/h2-6,9-12H,7-8,13-14H2,1H3/q+1. The fourth-order valence-corrected chi connectivity index (χ4v) is 2.61. The normalized spacial score (nSPS) is 10.8. The van der Waals surface area contributed by atoms with Crippen LogP contribution in [0.4, 0.5) is 0 Å². The highest BCUT2D eigenvalue weighted by Crippen LogP contribution is 2.23. The molecule has 0 aliphatic rings. The number of rotatable bonds is 6. The number of hydrogen-bond acceptors (Lipinski definition) is 3. The number of ether oxygens (including phenoxy) is 1. The number of aromatic nitrogens is 1. The number of nitrogens with zero attached hydrogens (tertiary/aromatic N) is 1. The molecule has 0 bridgehead atoms. The highest BCUT2D eigenvalue weighted by molar-refractivity contribution is 5.81. The fourth-order valence-electron chi connectivity index (χ4n) is 2.61. The second-order valence-corrected chi connectivity index (χ2v) is 5.51. The zero-order valence-corrected chi connectivity index (χ0v) is 13.2. The SMILES string of the molecule is Cc1c(OCCCC[n+]2ccccc2)c(=O)oc2ccccc12. The van der Waals surface area contributed by atoms with Crippen molar-refractivity contribution in [3.8, 4) is 5.75 Å². The van der Waals surface area contributed by atoms with Gasteiger partial charge in [-0.15, -0.1) is 0 Å². The summed E-state index contributed by atoms with van der Waals surface area (Å²) in [7, 11) is 0. The van der Waals surface area contributed by atoms with Crippen LogP contribution in [-0.2, 0) is 6.54 Å². The van der Waals surface area contributed by atoms with Crippen LogP contribution in [0.2, 0.25) is 0 Å². The lowest BCUT2D eigenvalue weighted by molar-refractivity contribution is -0.697. The van der Waals surface area contributed by atoms with Gasteiger partial charge in [-0.25, -0.2) is 9.36 Å². The van der Waals surface area contributed by atoms with Crippen LogP contribution < -0.4 is 14.9 Å². The van der Waals surface area contributed by atoms with Gasteiger partial charge in [-0.05, 0) is 19.4 Å². The van der Waals surface area contributed by atoms with Crippen LogP contribution in [0.15, 0.2) is 64.1 Å². The Balaban J connectivity index is 1.60. The quantitative estimate of drug-likeness (QED) is 0.399. The minimum absolute atomic E-state index is 0.330. The Labute approximate surface area is 135 Å². The molecule has 3 rings (SSSR count). The number of fused-ring (bicyclic) bond motifs is 1. The van der Waals surface area contributed by atoms with E-state index in [1.54, 1.807) is 6.07 Å². The summed E-state index contributed by atoms with van der Waals surface area (Å²) in [4.78, 5) is 12.0. The van der Waals surface area contributed by atoms with Crippen molar-refractivity contribution in [2.45, 2.75) is 26.3 Å². The molecular formula is C19H20NO3+. The molecule has 0 unspecified atom stereocenters. The molecule has 4 nitrogen and oxygen atoms in total. The lowest BCUT2D eigenvalue weighted by Gasteiger charge is -2.09. The van der Waals surface area contributed by atoms with Crippen LogP contribution in [0.25, 0.3) is 11.0 Å². The molecule has 23 heavy (non-hydrogen) atoms. The zero-order chi connectivity index (χ0) is 16.1. The van der Waals surface area contributed by atoms with Gasteiger partial charge in [-0.1, -0.05) is 24.3 Å². The van der Waals surface area contributed by atoms with Gasteiger partial charge in [0.15, 0.2) is 12.4 Å². The summed E-state index contributed by atoms with van der Waals surface area (Å²) < 4.78 is 13.1.